The summed E-state index contributed by atoms with van der Waals surface area (Å²) >= 11 is 0. The van der Waals surface area contributed by atoms with Crippen molar-refractivity contribution in [3.63, 3.8) is 0 Å². The van der Waals surface area contributed by atoms with Crippen LogP contribution in [0.15, 0.2) is 30.5 Å². The Labute approximate surface area is 148 Å². The van der Waals surface area contributed by atoms with Gasteiger partial charge in [-0.25, -0.2) is 0 Å². The first-order valence-corrected chi connectivity index (χ1v) is 8.70. The number of hydrogen-bond acceptors (Lipinski definition) is 4. The Morgan fingerprint density at radius 2 is 2.08 bits per heavy atom. The second-order valence-corrected chi connectivity index (χ2v) is 6.45. The SMILES string of the molecule is COc1ccc(C(=O)N2CCC(c3ccnn3CCO)CC2)c(C)c1. The fourth-order valence-corrected chi connectivity index (χ4v) is 3.52. The number of ether oxygens (including phenoxy) is 1. The Hall–Kier alpha value is -2.34. The molecule has 6 nitrogen and oxygen atoms in total. The molecule has 0 atom stereocenters. The Morgan fingerprint density at radius 3 is 2.72 bits per heavy atom. The van der Waals surface area contributed by atoms with Gasteiger partial charge < -0.3 is 14.7 Å². The topological polar surface area (TPSA) is 67.6 Å². The molecule has 3 rings (SSSR count). The van der Waals surface area contributed by atoms with E-state index in [1.165, 1.54) is 0 Å². The van der Waals surface area contributed by atoms with Gasteiger partial charge in [0.2, 0.25) is 0 Å². The summed E-state index contributed by atoms with van der Waals surface area (Å²) in [5.74, 6) is 1.24. The van der Waals surface area contributed by atoms with Crippen LogP contribution in [0.5, 0.6) is 5.75 Å². The average molecular weight is 343 g/mol. The van der Waals surface area contributed by atoms with Crippen LogP contribution in [0.1, 0.15) is 40.4 Å². The summed E-state index contributed by atoms with van der Waals surface area (Å²) in [4.78, 5) is 14.7. The molecule has 1 saturated heterocycles. The zero-order valence-corrected chi connectivity index (χ0v) is 14.8. The standard InChI is InChI=1S/C19H25N3O3/c1-14-13-16(25-2)3-4-17(14)19(24)21-9-6-15(7-10-21)18-5-8-20-22(18)11-12-23/h3-5,8,13,15,23H,6-7,9-12H2,1-2H3. The monoisotopic (exact) mass is 343 g/mol. The number of carbonyl (C=O) groups excluding carboxylic acids is 1. The molecule has 1 aromatic heterocycles. The van der Waals surface area contributed by atoms with Gasteiger partial charge in [-0.1, -0.05) is 0 Å². The van der Waals surface area contributed by atoms with E-state index < -0.39 is 0 Å². The van der Waals surface area contributed by atoms with E-state index in [-0.39, 0.29) is 12.5 Å². The van der Waals surface area contributed by atoms with E-state index in [9.17, 15) is 4.79 Å². The molecule has 1 N–H and O–H groups in total. The average Bonchev–Trinajstić information content (AvgIpc) is 3.10. The molecular formula is C19H25N3O3. The van der Waals surface area contributed by atoms with Gasteiger partial charge in [-0.3, -0.25) is 9.48 Å². The van der Waals surface area contributed by atoms with E-state index in [2.05, 4.69) is 5.10 Å². The number of benzene rings is 1. The van der Waals surface area contributed by atoms with Crippen LogP contribution in [0.25, 0.3) is 0 Å². The first-order valence-electron chi connectivity index (χ1n) is 8.70. The van der Waals surface area contributed by atoms with Crippen LogP contribution in [-0.2, 0) is 6.54 Å². The van der Waals surface area contributed by atoms with Crippen molar-refractivity contribution in [2.24, 2.45) is 0 Å². The minimum atomic E-state index is 0.0856. The highest BCUT2D eigenvalue weighted by atomic mass is 16.5. The number of methoxy groups -OCH3 is 1. The second kappa shape index (κ2) is 7.70. The smallest absolute Gasteiger partial charge is 0.254 e. The number of aliphatic hydroxyl groups excluding tert-OH is 1. The van der Waals surface area contributed by atoms with Crippen molar-refractivity contribution in [2.45, 2.75) is 32.2 Å². The minimum absolute atomic E-state index is 0.0856. The van der Waals surface area contributed by atoms with Crippen LogP contribution in [0.3, 0.4) is 0 Å². The molecule has 0 aliphatic carbocycles. The third-order valence-corrected chi connectivity index (χ3v) is 4.93. The number of aryl methyl sites for hydroxylation is 1. The number of aliphatic hydroxyl groups is 1. The van der Waals surface area contributed by atoms with Crippen molar-refractivity contribution in [3.05, 3.63) is 47.3 Å². The van der Waals surface area contributed by atoms with E-state index in [1.54, 1.807) is 13.3 Å². The summed E-state index contributed by atoms with van der Waals surface area (Å²) in [7, 11) is 1.63. The fourth-order valence-electron chi connectivity index (χ4n) is 3.52. The van der Waals surface area contributed by atoms with Gasteiger partial charge in [-0.15, -0.1) is 0 Å². The van der Waals surface area contributed by atoms with Crippen molar-refractivity contribution < 1.29 is 14.6 Å². The lowest BCUT2D eigenvalue weighted by Gasteiger charge is -2.32. The number of amides is 1. The predicted octanol–water partition coefficient (Wildman–Crippen LogP) is 2.21. The summed E-state index contributed by atoms with van der Waals surface area (Å²) < 4.78 is 7.08. The molecule has 2 heterocycles. The molecule has 0 unspecified atom stereocenters. The quantitative estimate of drug-likeness (QED) is 0.904. The van der Waals surface area contributed by atoms with Crippen LogP contribution in [-0.4, -0.2) is 52.5 Å². The molecule has 0 bridgehead atoms. The summed E-state index contributed by atoms with van der Waals surface area (Å²) in [6.45, 7) is 4.02. The maximum absolute atomic E-state index is 12.8. The second-order valence-electron chi connectivity index (χ2n) is 6.45. The van der Waals surface area contributed by atoms with E-state index >= 15 is 0 Å². The van der Waals surface area contributed by atoms with E-state index in [1.807, 2.05) is 40.8 Å². The lowest BCUT2D eigenvalue weighted by Crippen LogP contribution is -2.38. The Kier molecular flexibility index (Phi) is 5.38. The first-order chi connectivity index (χ1) is 12.1. The molecule has 2 aromatic rings. The fraction of sp³-hybridized carbons (Fsp3) is 0.474. The molecule has 1 aromatic carbocycles. The zero-order chi connectivity index (χ0) is 17.8. The third-order valence-electron chi connectivity index (χ3n) is 4.93. The van der Waals surface area contributed by atoms with Crippen LogP contribution in [0.4, 0.5) is 0 Å². The molecule has 25 heavy (non-hydrogen) atoms. The van der Waals surface area contributed by atoms with Crippen molar-refractivity contribution in [2.75, 3.05) is 26.8 Å². The molecular weight excluding hydrogens is 318 g/mol. The van der Waals surface area contributed by atoms with Crippen LogP contribution in [0, 0.1) is 6.92 Å². The van der Waals surface area contributed by atoms with Crippen molar-refractivity contribution in [1.29, 1.82) is 0 Å². The van der Waals surface area contributed by atoms with Crippen molar-refractivity contribution >= 4 is 5.91 Å². The summed E-state index contributed by atoms with van der Waals surface area (Å²) in [5.41, 5.74) is 2.83. The predicted molar refractivity (Wildman–Crippen MR) is 94.9 cm³/mol. The van der Waals surface area contributed by atoms with Gasteiger partial charge in [-0.2, -0.15) is 5.10 Å². The van der Waals surface area contributed by atoms with Gasteiger partial charge in [0.05, 0.1) is 20.3 Å². The number of piperidine rings is 1. The lowest BCUT2D eigenvalue weighted by atomic mass is 9.92. The lowest BCUT2D eigenvalue weighted by molar-refractivity contribution is 0.0710. The van der Waals surface area contributed by atoms with Crippen molar-refractivity contribution in [3.8, 4) is 5.75 Å². The third kappa shape index (κ3) is 3.69. The Morgan fingerprint density at radius 1 is 1.32 bits per heavy atom. The normalized spacial score (nSPS) is 15.4. The van der Waals surface area contributed by atoms with E-state index in [4.69, 9.17) is 9.84 Å². The molecule has 134 valence electrons. The highest BCUT2D eigenvalue weighted by molar-refractivity contribution is 5.95. The van der Waals surface area contributed by atoms with Gasteiger partial charge in [0, 0.05) is 36.5 Å². The van der Waals surface area contributed by atoms with Crippen LogP contribution < -0.4 is 4.74 Å². The van der Waals surface area contributed by atoms with Gasteiger partial charge in [0.25, 0.3) is 5.91 Å². The summed E-state index contributed by atoms with van der Waals surface area (Å²) in [6.07, 6.45) is 3.61. The number of hydrogen-bond donors (Lipinski definition) is 1. The molecule has 1 fully saturated rings. The van der Waals surface area contributed by atoms with E-state index in [0.29, 0.717) is 12.5 Å². The zero-order valence-electron chi connectivity index (χ0n) is 14.8. The van der Waals surface area contributed by atoms with Gasteiger partial charge in [-0.05, 0) is 49.6 Å². The minimum Gasteiger partial charge on any atom is -0.497 e. The molecule has 1 aliphatic heterocycles. The molecule has 0 radical (unpaired) electrons. The molecule has 0 spiro atoms. The molecule has 1 amide bonds. The Balaban J connectivity index is 1.66. The number of likely N-dealkylation sites (tertiary alicyclic amines) is 1. The molecule has 0 saturated carbocycles. The molecule has 1 aliphatic rings. The van der Waals surface area contributed by atoms with Gasteiger partial charge in [0.1, 0.15) is 5.75 Å². The van der Waals surface area contributed by atoms with Gasteiger partial charge >= 0.3 is 0 Å². The van der Waals surface area contributed by atoms with Gasteiger partial charge in [0.15, 0.2) is 0 Å². The van der Waals surface area contributed by atoms with Crippen LogP contribution >= 0.6 is 0 Å². The molecule has 6 heteroatoms. The number of nitrogens with zero attached hydrogens (tertiary/aromatic N) is 3. The number of carbonyl (C=O) groups is 1. The largest absolute Gasteiger partial charge is 0.497 e. The van der Waals surface area contributed by atoms with Crippen molar-refractivity contribution in [1.82, 2.24) is 14.7 Å². The highest BCUT2D eigenvalue weighted by Crippen LogP contribution is 2.29. The number of aromatic nitrogens is 2. The summed E-state index contributed by atoms with van der Waals surface area (Å²) in [5, 5.41) is 13.4. The van der Waals surface area contributed by atoms with E-state index in [0.717, 1.165) is 48.5 Å². The maximum atomic E-state index is 12.8. The Bertz CT molecular complexity index is 733. The summed E-state index contributed by atoms with van der Waals surface area (Å²) in [6, 6.07) is 7.60. The number of rotatable bonds is 5. The first kappa shape index (κ1) is 17.5. The van der Waals surface area contributed by atoms with Crippen LogP contribution in [0.2, 0.25) is 0 Å². The maximum Gasteiger partial charge on any atom is 0.254 e. The highest BCUT2D eigenvalue weighted by Gasteiger charge is 2.27.